The number of hydrogen-bond acceptors (Lipinski definition) is 3. The van der Waals surface area contributed by atoms with E-state index in [-0.39, 0.29) is 18.3 Å². The number of ether oxygens (including phenoxy) is 2. The molecule has 1 amide bonds. The number of nitrogens with one attached hydrogen (secondary N) is 1. The van der Waals surface area contributed by atoms with Crippen molar-refractivity contribution in [1.82, 2.24) is 9.88 Å². The molecule has 0 unspecified atom stereocenters. The molecule has 1 N–H and O–H groups in total. The van der Waals surface area contributed by atoms with Gasteiger partial charge in [0.15, 0.2) is 0 Å². The Balaban J connectivity index is 1.65. The number of rotatable bonds is 10. The summed E-state index contributed by atoms with van der Waals surface area (Å²) in [4.78, 5) is 12.6. The van der Waals surface area contributed by atoms with Gasteiger partial charge in [0.2, 0.25) is 0 Å². The summed E-state index contributed by atoms with van der Waals surface area (Å²) >= 11 is 0. The van der Waals surface area contributed by atoms with E-state index in [9.17, 15) is 18.0 Å². The molecule has 1 heterocycles. The molecule has 8 heteroatoms. The van der Waals surface area contributed by atoms with Crippen LogP contribution in [0.25, 0.3) is 10.9 Å². The van der Waals surface area contributed by atoms with Crippen molar-refractivity contribution in [3.63, 3.8) is 0 Å². The topological polar surface area (TPSA) is 52.5 Å². The fraction of sp³-hybridized carbons (Fsp3) is 0.250. The first kappa shape index (κ1) is 25.2. The lowest BCUT2D eigenvalue weighted by molar-refractivity contribution is -0.274. The van der Waals surface area contributed by atoms with Crippen LogP contribution >= 0.6 is 0 Å². The number of fused-ring (bicyclic) bond motifs is 1. The highest BCUT2D eigenvalue weighted by Crippen LogP contribution is 2.27. The second-order valence-electron chi connectivity index (χ2n) is 8.40. The molecule has 0 fully saturated rings. The lowest BCUT2D eigenvalue weighted by atomic mass is 10.1. The highest BCUT2D eigenvalue weighted by atomic mass is 19.4. The minimum atomic E-state index is -4.76. The third-order valence-electron chi connectivity index (χ3n) is 5.67. The smallest absolute Gasteiger partial charge is 0.487 e. The molecule has 4 rings (SSSR count). The van der Waals surface area contributed by atoms with Gasteiger partial charge in [0.05, 0.1) is 5.69 Å². The molecular weight excluding hydrogens is 469 g/mol. The summed E-state index contributed by atoms with van der Waals surface area (Å²) in [7, 11) is 0. The van der Waals surface area contributed by atoms with Crippen LogP contribution in [-0.2, 0) is 13.2 Å². The molecule has 0 spiro atoms. The second kappa shape index (κ2) is 11.2. The molecule has 36 heavy (non-hydrogen) atoms. The SMILES string of the molecule is CCCCNC(=O)c1ccc2c(c1)cc(COc1ccccc1)n2Cc1cccc(OC(F)(F)F)c1. The zero-order valence-corrected chi connectivity index (χ0v) is 19.8. The molecule has 0 radical (unpaired) electrons. The first-order valence-electron chi connectivity index (χ1n) is 11.8. The number of carbonyl (C=O) groups is 1. The second-order valence-corrected chi connectivity index (χ2v) is 8.40. The van der Waals surface area contributed by atoms with Crippen molar-refractivity contribution >= 4 is 16.8 Å². The molecule has 5 nitrogen and oxygen atoms in total. The minimum Gasteiger partial charge on any atom is -0.487 e. The number of hydrogen-bond donors (Lipinski definition) is 1. The maximum atomic E-state index is 12.7. The van der Waals surface area contributed by atoms with Crippen molar-refractivity contribution in [1.29, 1.82) is 0 Å². The molecule has 0 aliphatic carbocycles. The predicted molar refractivity (Wildman–Crippen MR) is 132 cm³/mol. The van der Waals surface area contributed by atoms with Crippen molar-refractivity contribution in [3.8, 4) is 11.5 Å². The number of unbranched alkanes of at least 4 members (excludes halogenated alkanes) is 1. The predicted octanol–water partition coefficient (Wildman–Crippen LogP) is 6.70. The van der Waals surface area contributed by atoms with Crippen molar-refractivity contribution < 1.29 is 27.4 Å². The standard InChI is InChI=1S/C28H27F3N2O3/c1-2-3-14-32-27(34)21-12-13-26-22(16-21)17-23(19-35-24-9-5-4-6-10-24)33(26)18-20-8-7-11-25(15-20)36-28(29,30)31/h4-13,15-17H,2-3,14,18-19H2,1H3,(H,32,34). The monoisotopic (exact) mass is 496 g/mol. The Hall–Kier alpha value is -3.94. The Morgan fingerprint density at radius 2 is 1.72 bits per heavy atom. The number of halogens is 3. The van der Waals surface area contributed by atoms with Crippen LogP contribution in [0.2, 0.25) is 0 Å². The van der Waals surface area contributed by atoms with Crippen molar-refractivity contribution in [2.45, 2.75) is 39.3 Å². The third-order valence-corrected chi connectivity index (χ3v) is 5.67. The van der Waals surface area contributed by atoms with Gasteiger partial charge in [-0.2, -0.15) is 0 Å². The fourth-order valence-electron chi connectivity index (χ4n) is 3.95. The van der Waals surface area contributed by atoms with Crippen LogP contribution in [0.5, 0.6) is 11.5 Å². The molecule has 1 aromatic heterocycles. The Morgan fingerprint density at radius 1 is 0.944 bits per heavy atom. The zero-order chi connectivity index (χ0) is 25.5. The first-order chi connectivity index (χ1) is 17.3. The number of alkyl halides is 3. The molecule has 188 valence electrons. The fourth-order valence-corrected chi connectivity index (χ4v) is 3.95. The number of aromatic nitrogens is 1. The van der Waals surface area contributed by atoms with Gasteiger partial charge in [-0.25, -0.2) is 0 Å². The van der Waals surface area contributed by atoms with E-state index in [1.807, 2.05) is 53.1 Å². The van der Waals surface area contributed by atoms with Gasteiger partial charge in [0, 0.05) is 29.6 Å². The Bertz CT molecular complexity index is 1320. The number of nitrogens with zero attached hydrogens (tertiary/aromatic N) is 1. The van der Waals surface area contributed by atoms with E-state index in [2.05, 4.69) is 17.0 Å². The van der Waals surface area contributed by atoms with Crippen LogP contribution in [0.4, 0.5) is 13.2 Å². The number of amides is 1. The van der Waals surface area contributed by atoms with E-state index in [0.29, 0.717) is 30.0 Å². The quantitative estimate of drug-likeness (QED) is 0.249. The van der Waals surface area contributed by atoms with Crippen LogP contribution in [0.1, 0.15) is 41.4 Å². The van der Waals surface area contributed by atoms with Gasteiger partial charge >= 0.3 is 6.36 Å². The summed E-state index contributed by atoms with van der Waals surface area (Å²) in [6.07, 6.45) is -2.87. The highest BCUT2D eigenvalue weighted by Gasteiger charge is 2.31. The summed E-state index contributed by atoms with van der Waals surface area (Å²) in [5, 5.41) is 3.76. The molecule has 0 aliphatic rings. The molecule has 0 saturated heterocycles. The summed E-state index contributed by atoms with van der Waals surface area (Å²) in [5.74, 6) is 0.285. The summed E-state index contributed by atoms with van der Waals surface area (Å²) < 4.78 is 50.1. The van der Waals surface area contributed by atoms with Crippen LogP contribution in [-0.4, -0.2) is 23.4 Å². The van der Waals surface area contributed by atoms with E-state index in [1.54, 1.807) is 12.1 Å². The summed E-state index contributed by atoms with van der Waals surface area (Å²) in [6.45, 7) is 3.22. The van der Waals surface area contributed by atoms with Crippen molar-refractivity contribution in [2.24, 2.45) is 0 Å². The Morgan fingerprint density at radius 3 is 2.47 bits per heavy atom. The van der Waals surface area contributed by atoms with Crippen LogP contribution in [0.3, 0.4) is 0 Å². The molecule has 4 aromatic rings. The highest BCUT2D eigenvalue weighted by molar-refractivity contribution is 5.98. The van der Waals surface area contributed by atoms with Crippen molar-refractivity contribution in [3.05, 3.63) is 95.7 Å². The van der Waals surface area contributed by atoms with Crippen LogP contribution in [0.15, 0.2) is 78.9 Å². The van der Waals surface area contributed by atoms with Crippen LogP contribution in [0, 0.1) is 0 Å². The van der Waals surface area contributed by atoms with Crippen LogP contribution < -0.4 is 14.8 Å². The van der Waals surface area contributed by atoms with Gasteiger partial charge in [0.1, 0.15) is 18.1 Å². The van der Waals surface area contributed by atoms with Gasteiger partial charge in [-0.05, 0) is 60.5 Å². The van der Waals surface area contributed by atoms with E-state index in [0.717, 1.165) is 29.4 Å². The first-order valence-corrected chi connectivity index (χ1v) is 11.8. The van der Waals surface area contributed by atoms with Crippen molar-refractivity contribution in [2.75, 3.05) is 6.54 Å². The Labute approximate surface area is 207 Å². The molecule has 0 atom stereocenters. The molecule has 3 aromatic carbocycles. The number of carbonyl (C=O) groups excluding carboxylic acids is 1. The molecule has 0 saturated carbocycles. The molecular formula is C28H27F3N2O3. The van der Waals surface area contributed by atoms with E-state index >= 15 is 0 Å². The molecule has 0 bridgehead atoms. The normalized spacial score (nSPS) is 11.4. The average molecular weight is 497 g/mol. The van der Waals surface area contributed by atoms with Gasteiger partial charge in [-0.3, -0.25) is 4.79 Å². The third kappa shape index (κ3) is 6.59. The van der Waals surface area contributed by atoms with E-state index in [1.165, 1.54) is 18.2 Å². The number of benzene rings is 3. The average Bonchev–Trinajstić information content (AvgIpc) is 3.19. The largest absolute Gasteiger partial charge is 0.573 e. The van der Waals surface area contributed by atoms with Gasteiger partial charge < -0.3 is 19.4 Å². The lowest BCUT2D eigenvalue weighted by Gasteiger charge is -2.14. The summed E-state index contributed by atoms with van der Waals surface area (Å²) in [6, 6.07) is 22.6. The zero-order valence-electron chi connectivity index (χ0n) is 19.8. The molecule has 0 aliphatic heterocycles. The summed E-state index contributed by atoms with van der Waals surface area (Å²) in [5.41, 5.74) is 2.84. The maximum absolute atomic E-state index is 12.7. The minimum absolute atomic E-state index is 0.141. The number of para-hydroxylation sites is 1. The Kier molecular flexibility index (Phi) is 7.83. The van der Waals surface area contributed by atoms with Gasteiger partial charge in [0.25, 0.3) is 5.91 Å². The van der Waals surface area contributed by atoms with Gasteiger partial charge in [-0.15, -0.1) is 13.2 Å². The van der Waals surface area contributed by atoms with E-state index in [4.69, 9.17) is 4.74 Å². The maximum Gasteiger partial charge on any atom is 0.573 e. The lowest BCUT2D eigenvalue weighted by Crippen LogP contribution is -2.24. The van der Waals surface area contributed by atoms with Gasteiger partial charge in [-0.1, -0.05) is 43.7 Å². The van der Waals surface area contributed by atoms with E-state index < -0.39 is 6.36 Å².